The fourth-order valence-corrected chi connectivity index (χ4v) is 1.73. The smallest absolute Gasteiger partial charge is 0.419 e. The summed E-state index contributed by atoms with van der Waals surface area (Å²) in [6, 6.07) is 2.91. The lowest BCUT2D eigenvalue weighted by Gasteiger charge is -2.15. The Morgan fingerprint density at radius 1 is 1.40 bits per heavy atom. The van der Waals surface area contributed by atoms with Crippen molar-refractivity contribution < 1.29 is 26.3 Å². The molecule has 0 unspecified atom stereocenters. The molecular formula is C11H13F3N2O3S. The van der Waals surface area contributed by atoms with Gasteiger partial charge in [-0.15, -0.1) is 0 Å². The van der Waals surface area contributed by atoms with Gasteiger partial charge in [0, 0.05) is 11.8 Å². The van der Waals surface area contributed by atoms with E-state index in [0.717, 1.165) is 12.3 Å². The summed E-state index contributed by atoms with van der Waals surface area (Å²) in [5.41, 5.74) is 3.94. The third kappa shape index (κ3) is 4.72. The number of sulfone groups is 1. The molecule has 0 atom stereocenters. The van der Waals surface area contributed by atoms with Crippen LogP contribution in [0.25, 0.3) is 0 Å². The number of nitrogen functional groups attached to an aromatic ring is 1. The summed E-state index contributed by atoms with van der Waals surface area (Å²) in [6.07, 6.45) is -3.73. The van der Waals surface area contributed by atoms with Crippen LogP contribution >= 0.6 is 0 Å². The minimum Gasteiger partial charge on any atom is -0.492 e. The van der Waals surface area contributed by atoms with Gasteiger partial charge in [-0.2, -0.15) is 13.2 Å². The fourth-order valence-electron chi connectivity index (χ4n) is 1.35. The first-order valence-electron chi connectivity index (χ1n) is 5.37. The average Bonchev–Trinajstić information content (AvgIpc) is 2.25. The molecule has 0 aliphatic rings. The second kappa shape index (κ2) is 5.70. The van der Waals surface area contributed by atoms with Crippen molar-refractivity contribution in [2.45, 2.75) is 6.18 Å². The first-order valence-corrected chi connectivity index (χ1v) is 7.43. The number of alkyl halides is 3. The van der Waals surface area contributed by atoms with Gasteiger partial charge in [0.1, 0.15) is 18.2 Å². The lowest BCUT2D eigenvalue weighted by molar-refractivity contribution is -0.138. The number of amidine groups is 1. The van der Waals surface area contributed by atoms with Crippen LogP contribution in [0, 0.1) is 5.41 Å². The quantitative estimate of drug-likeness (QED) is 0.635. The van der Waals surface area contributed by atoms with Crippen LogP contribution in [0.2, 0.25) is 0 Å². The number of nitrogens with one attached hydrogen (secondary N) is 1. The van der Waals surface area contributed by atoms with E-state index in [2.05, 4.69) is 0 Å². The Bertz CT molecular complexity index is 612. The molecule has 0 spiro atoms. The molecule has 112 valence electrons. The van der Waals surface area contributed by atoms with Gasteiger partial charge in [0.05, 0.1) is 11.3 Å². The molecule has 3 N–H and O–H groups in total. The number of rotatable bonds is 5. The van der Waals surface area contributed by atoms with Gasteiger partial charge in [0.25, 0.3) is 0 Å². The number of hydrogen-bond acceptors (Lipinski definition) is 4. The Kier molecular flexibility index (Phi) is 4.64. The van der Waals surface area contributed by atoms with E-state index in [1.165, 1.54) is 6.07 Å². The molecule has 0 bridgehead atoms. The van der Waals surface area contributed by atoms with E-state index in [1.54, 1.807) is 0 Å². The van der Waals surface area contributed by atoms with Gasteiger partial charge in [-0.3, -0.25) is 5.41 Å². The molecule has 9 heteroatoms. The molecule has 1 aromatic carbocycles. The van der Waals surface area contributed by atoms with Crippen LogP contribution in [-0.4, -0.2) is 32.9 Å². The van der Waals surface area contributed by atoms with Crippen LogP contribution < -0.4 is 10.5 Å². The van der Waals surface area contributed by atoms with Crippen molar-refractivity contribution >= 4 is 15.7 Å². The van der Waals surface area contributed by atoms with E-state index >= 15 is 0 Å². The van der Waals surface area contributed by atoms with Crippen LogP contribution in [-0.2, 0) is 16.0 Å². The van der Waals surface area contributed by atoms with Crippen LogP contribution in [0.15, 0.2) is 18.2 Å². The topological polar surface area (TPSA) is 93.2 Å². The summed E-state index contributed by atoms with van der Waals surface area (Å²) >= 11 is 0. The zero-order valence-corrected chi connectivity index (χ0v) is 11.3. The Hall–Kier alpha value is -1.77. The van der Waals surface area contributed by atoms with Crippen molar-refractivity contribution in [2.24, 2.45) is 5.73 Å². The number of ether oxygens (including phenoxy) is 1. The van der Waals surface area contributed by atoms with Crippen molar-refractivity contribution in [1.82, 2.24) is 0 Å². The first kappa shape index (κ1) is 16.3. The fraction of sp³-hybridized carbons (Fsp3) is 0.364. The highest BCUT2D eigenvalue weighted by atomic mass is 32.2. The highest BCUT2D eigenvalue weighted by Crippen LogP contribution is 2.36. The van der Waals surface area contributed by atoms with E-state index in [-0.39, 0.29) is 12.2 Å². The second-order valence-electron chi connectivity index (χ2n) is 4.10. The van der Waals surface area contributed by atoms with Crippen molar-refractivity contribution in [3.8, 4) is 5.75 Å². The van der Waals surface area contributed by atoms with Gasteiger partial charge in [0.15, 0.2) is 9.84 Å². The number of nitrogens with two attached hydrogens (primary N) is 1. The van der Waals surface area contributed by atoms with Gasteiger partial charge >= 0.3 is 6.18 Å². The van der Waals surface area contributed by atoms with E-state index < -0.39 is 38.9 Å². The van der Waals surface area contributed by atoms with Crippen molar-refractivity contribution in [3.05, 3.63) is 29.3 Å². The number of hydrogen-bond donors (Lipinski definition) is 2. The van der Waals surface area contributed by atoms with Gasteiger partial charge in [0.2, 0.25) is 0 Å². The van der Waals surface area contributed by atoms with E-state index in [0.29, 0.717) is 6.07 Å². The molecule has 0 saturated carbocycles. The SMILES string of the molecule is CS(=O)(=O)CCOc1ccc(C(=N)N)cc1C(F)(F)F. The third-order valence-electron chi connectivity index (χ3n) is 2.31. The molecule has 0 amide bonds. The molecule has 0 heterocycles. The Morgan fingerprint density at radius 3 is 2.45 bits per heavy atom. The van der Waals surface area contributed by atoms with E-state index in [1.807, 2.05) is 0 Å². The molecule has 0 saturated heterocycles. The molecule has 20 heavy (non-hydrogen) atoms. The Labute approximate surface area is 114 Å². The Balaban J connectivity index is 3.04. The molecule has 0 aromatic heterocycles. The third-order valence-corrected chi connectivity index (χ3v) is 3.22. The zero-order valence-electron chi connectivity index (χ0n) is 10.5. The largest absolute Gasteiger partial charge is 0.492 e. The van der Waals surface area contributed by atoms with Crippen LogP contribution in [0.3, 0.4) is 0 Å². The summed E-state index contributed by atoms with van der Waals surface area (Å²) in [7, 11) is -3.32. The maximum absolute atomic E-state index is 12.8. The average molecular weight is 310 g/mol. The molecule has 0 aliphatic heterocycles. The van der Waals surface area contributed by atoms with Crippen LogP contribution in [0.5, 0.6) is 5.75 Å². The van der Waals surface area contributed by atoms with E-state index in [9.17, 15) is 21.6 Å². The predicted octanol–water partition coefficient (Wildman–Crippen LogP) is 1.41. The highest BCUT2D eigenvalue weighted by molar-refractivity contribution is 7.90. The highest BCUT2D eigenvalue weighted by Gasteiger charge is 2.35. The van der Waals surface area contributed by atoms with Gasteiger partial charge < -0.3 is 10.5 Å². The molecule has 5 nitrogen and oxygen atoms in total. The molecule has 0 radical (unpaired) electrons. The maximum Gasteiger partial charge on any atom is 0.419 e. The number of benzene rings is 1. The first-order chi connectivity index (χ1) is 9.00. The van der Waals surface area contributed by atoms with Crippen molar-refractivity contribution in [3.63, 3.8) is 0 Å². The molecule has 1 rings (SSSR count). The summed E-state index contributed by atoms with van der Waals surface area (Å²) in [5.74, 6) is -1.39. The van der Waals surface area contributed by atoms with Gasteiger partial charge in [-0.25, -0.2) is 8.42 Å². The normalized spacial score (nSPS) is 12.2. The number of halogens is 3. The van der Waals surface area contributed by atoms with Gasteiger partial charge in [-0.1, -0.05) is 0 Å². The molecule has 0 fully saturated rings. The Morgan fingerprint density at radius 2 is 2.00 bits per heavy atom. The van der Waals surface area contributed by atoms with Crippen LogP contribution in [0.1, 0.15) is 11.1 Å². The van der Waals surface area contributed by atoms with E-state index in [4.69, 9.17) is 15.9 Å². The standard InChI is InChI=1S/C11H13F3N2O3S/c1-20(17,18)5-4-19-9-3-2-7(10(15)16)6-8(9)11(12,13)14/h2-3,6H,4-5H2,1H3,(H3,15,16). The summed E-state index contributed by atoms with van der Waals surface area (Å²) in [6.45, 7) is -0.388. The molecule has 0 aliphatic carbocycles. The monoisotopic (exact) mass is 310 g/mol. The molecular weight excluding hydrogens is 297 g/mol. The molecule has 1 aromatic rings. The lowest BCUT2D eigenvalue weighted by atomic mass is 10.1. The van der Waals surface area contributed by atoms with Crippen LogP contribution in [0.4, 0.5) is 13.2 Å². The minimum atomic E-state index is -4.69. The van der Waals surface area contributed by atoms with Crippen molar-refractivity contribution in [1.29, 1.82) is 5.41 Å². The van der Waals surface area contributed by atoms with Gasteiger partial charge in [-0.05, 0) is 18.2 Å². The predicted molar refractivity (Wildman–Crippen MR) is 67.7 cm³/mol. The minimum absolute atomic E-state index is 0.0900. The zero-order chi connectivity index (χ0) is 15.6. The maximum atomic E-state index is 12.8. The lowest BCUT2D eigenvalue weighted by Crippen LogP contribution is -2.17. The summed E-state index contributed by atoms with van der Waals surface area (Å²) in [4.78, 5) is 0. The summed E-state index contributed by atoms with van der Waals surface area (Å²) in [5, 5.41) is 7.12. The van der Waals surface area contributed by atoms with Crippen molar-refractivity contribution in [2.75, 3.05) is 18.6 Å². The summed E-state index contributed by atoms with van der Waals surface area (Å²) < 4.78 is 65.2. The second-order valence-corrected chi connectivity index (χ2v) is 6.36.